The highest BCUT2D eigenvalue weighted by Gasteiger charge is 2.44. The first-order valence-corrected chi connectivity index (χ1v) is 11.2. The molecule has 0 saturated carbocycles. The minimum atomic E-state index is -4.18. The van der Waals surface area contributed by atoms with Crippen LogP contribution in [0, 0.1) is 6.92 Å². The first-order chi connectivity index (χ1) is 14.6. The molecule has 0 radical (unpaired) electrons. The van der Waals surface area contributed by atoms with E-state index in [1.807, 2.05) is 6.92 Å². The summed E-state index contributed by atoms with van der Waals surface area (Å²) in [6.45, 7) is 1.13. The highest BCUT2D eigenvalue weighted by Crippen LogP contribution is 2.33. The number of aromatic nitrogens is 1. The number of sulfonamides is 1. The number of carbonyl (C=O) groups is 1. The molecule has 1 aromatic heterocycles. The van der Waals surface area contributed by atoms with Gasteiger partial charge in [-0.2, -0.15) is 0 Å². The number of hydrogen-bond donors (Lipinski definition) is 2. The van der Waals surface area contributed by atoms with Crippen molar-refractivity contribution < 1.29 is 23.1 Å². The van der Waals surface area contributed by atoms with Gasteiger partial charge in [0.1, 0.15) is 10.5 Å². The van der Waals surface area contributed by atoms with Crippen molar-refractivity contribution in [3.63, 3.8) is 0 Å². The quantitative estimate of drug-likeness (QED) is 0.520. The molecular formula is C23H26N2O5S. The normalized spacial score (nSPS) is 13.6. The van der Waals surface area contributed by atoms with Crippen LogP contribution in [-0.2, 0) is 28.2 Å². The maximum Gasteiger partial charge on any atom is 0.221 e. The highest BCUT2D eigenvalue weighted by atomic mass is 32.2. The Bertz CT molecular complexity index is 1200. The summed E-state index contributed by atoms with van der Waals surface area (Å²) >= 11 is 0. The lowest BCUT2D eigenvalue weighted by Crippen LogP contribution is -2.46. The Kier molecular flexibility index (Phi) is 6.35. The van der Waals surface area contributed by atoms with Crippen molar-refractivity contribution in [1.82, 2.24) is 4.57 Å². The fourth-order valence-electron chi connectivity index (χ4n) is 3.75. The van der Waals surface area contributed by atoms with Crippen molar-refractivity contribution in [2.75, 3.05) is 13.7 Å². The number of nitrogens with zero attached hydrogens (tertiary/aromatic N) is 1. The summed E-state index contributed by atoms with van der Waals surface area (Å²) in [7, 11) is -0.931. The first-order valence-electron chi connectivity index (χ1n) is 9.67. The SMILES string of the molecule is COc1ccc(C(=O)c2ccc(CC(CO)(c3ccccc3)S(N)(=O)=O)n2C)c(C)c1. The van der Waals surface area contributed by atoms with Crippen LogP contribution < -0.4 is 9.88 Å². The third-order valence-corrected chi connectivity index (χ3v) is 7.30. The molecule has 0 fully saturated rings. The minimum absolute atomic E-state index is 0.0856. The van der Waals surface area contributed by atoms with Gasteiger partial charge in [0.15, 0.2) is 0 Å². The number of rotatable bonds is 8. The van der Waals surface area contributed by atoms with Gasteiger partial charge in [-0.1, -0.05) is 30.3 Å². The van der Waals surface area contributed by atoms with Crippen molar-refractivity contribution in [3.8, 4) is 5.75 Å². The number of hydrogen-bond acceptors (Lipinski definition) is 5. The van der Waals surface area contributed by atoms with Crippen molar-refractivity contribution in [2.45, 2.75) is 18.1 Å². The standard InChI is InChI=1S/C23H26N2O5S/c1-16-13-19(30-3)10-11-20(16)22(27)21-12-9-18(25(21)2)14-23(15-26,31(24,28)29)17-7-5-4-6-8-17/h4-13,26H,14-15H2,1-3H3,(H2,24,28,29). The Balaban J connectivity index is 2.03. The van der Waals surface area contributed by atoms with Crippen LogP contribution in [0.1, 0.15) is 32.9 Å². The fourth-order valence-corrected chi connectivity index (χ4v) is 4.75. The molecule has 0 bridgehead atoms. The average molecular weight is 443 g/mol. The van der Waals surface area contributed by atoms with Gasteiger partial charge >= 0.3 is 0 Å². The lowest BCUT2D eigenvalue weighted by molar-refractivity contribution is 0.103. The molecule has 3 N–H and O–H groups in total. The average Bonchev–Trinajstić information content (AvgIpc) is 3.11. The maximum absolute atomic E-state index is 13.1. The molecule has 0 aliphatic heterocycles. The highest BCUT2D eigenvalue weighted by molar-refractivity contribution is 7.90. The van der Waals surface area contributed by atoms with Crippen molar-refractivity contribution >= 4 is 15.8 Å². The third kappa shape index (κ3) is 4.14. The van der Waals surface area contributed by atoms with Crippen LogP contribution >= 0.6 is 0 Å². The topological polar surface area (TPSA) is 112 Å². The summed E-state index contributed by atoms with van der Waals surface area (Å²) < 4.78 is 30.3. The van der Waals surface area contributed by atoms with Crippen molar-refractivity contribution in [3.05, 3.63) is 88.7 Å². The van der Waals surface area contributed by atoms with E-state index in [1.165, 1.54) is 0 Å². The second-order valence-corrected chi connectivity index (χ2v) is 9.39. The van der Waals surface area contributed by atoms with Gasteiger partial charge < -0.3 is 14.4 Å². The number of benzene rings is 2. The second kappa shape index (κ2) is 8.66. The zero-order chi connectivity index (χ0) is 22.8. The lowest BCUT2D eigenvalue weighted by atomic mass is 9.94. The predicted molar refractivity (Wildman–Crippen MR) is 119 cm³/mol. The Morgan fingerprint density at radius 3 is 2.35 bits per heavy atom. The van der Waals surface area contributed by atoms with E-state index in [2.05, 4.69) is 0 Å². The molecule has 0 amide bonds. The van der Waals surface area contributed by atoms with Gasteiger partial charge in [-0.3, -0.25) is 4.79 Å². The summed E-state index contributed by atoms with van der Waals surface area (Å²) in [6.07, 6.45) is -0.0856. The molecule has 3 aromatic rings. The first kappa shape index (κ1) is 22.7. The van der Waals surface area contributed by atoms with E-state index in [9.17, 15) is 18.3 Å². The van der Waals surface area contributed by atoms with E-state index in [1.54, 1.807) is 79.4 Å². The second-order valence-electron chi connectivity index (χ2n) is 7.52. The van der Waals surface area contributed by atoms with E-state index < -0.39 is 21.4 Å². The van der Waals surface area contributed by atoms with E-state index in [0.717, 1.165) is 5.56 Å². The van der Waals surface area contributed by atoms with Crippen LogP contribution in [0.4, 0.5) is 0 Å². The van der Waals surface area contributed by atoms with Gasteiger partial charge in [0, 0.05) is 24.7 Å². The number of methoxy groups -OCH3 is 1. The minimum Gasteiger partial charge on any atom is -0.497 e. The maximum atomic E-state index is 13.1. The third-order valence-electron chi connectivity index (χ3n) is 5.70. The molecule has 1 atom stereocenters. The molecule has 8 heteroatoms. The van der Waals surface area contributed by atoms with Crippen molar-refractivity contribution in [1.29, 1.82) is 0 Å². The molecule has 1 heterocycles. The summed E-state index contributed by atoms with van der Waals surface area (Å²) in [4.78, 5) is 13.1. The number of aliphatic hydroxyl groups is 1. The molecule has 0 aliphatic rings. The number of aliphatic hydroxyl groups excluding tert-OH is 1. The molecule has 164 valence electrons. The number of primary sulfonamides is 1. The van der Waals surface area contributed by atoms with Gasteiger partial charge in [-0.25, -0.2) is 13.6 Å². The number of aryl methyl sites for hydroxylation is 1. The van der Waals surface area contributed by atoms with E-state index in [4.69, 9.17) is 9.88 Å². The van der Waals surface area contributed by atoms with Crippen LogP contribution in [-0.4, -0.2) is 37.6 Å². The molecule has 7 nitrogen and oxygen atoms in total. The molecule has 2 aromatic carbocycles. The monoisotopic (exact) mass is 442 g/mol. The van der Waals surface area contributed by atoms with Crippen molar-refractivity contribution in [2.24, 2.45) is 12.2 Å². The number of nitrogens with two attached hydrogens (primary N) is 1. The van der Waals surface area contributed by atoms with Gasteiger partial charge in [0.2, 0.25) is 15.8 Å². The number of ketones is 1. The summed E-state index contributed by atoms with van der Waals surface area (Å²) in [5.41, 5.74) is 2.64. The van der Waals surface area contributed by atoms with Gasteiger partial charge in [-0.15, -0.1) is 0 Å². The van der Waals surface area contributed by atoms with Gasteiger partial charge in [-0.05, 0) is 48.4 Å². The van der Waals surface area contributed by atoms with E-state index in [0.29, 0.717) is 28.3 Å². The molecule has 0 aliphatic carbocycles. The molecule has 31 heavy (non-hydrogen) atoms. The smallest absolute Gasteiger partial charge is 0.221 e. The van der Waals surface area contributed by atoms with Gasteiger partial charge in [0.25, 0.3) is 0 Å². The zero-order valence-corrected chi connectivity index (χ0v) is 18.5. The van der Waals surface area contributed by atoms with Crippen LogP contribution in [0.25, 0.3) is 0 Å². The summed E-state index contributed by atoms with van der Waals surface area (Å²) in [5.74, 6) is 0.462. The molecule has 1 unspecified atom stereocenters. The summed E-state index contributed by atoms with van der Waals surface area (Å²) in [6, 6.07) is 16.9. The van der Waals surface area contributed by atoms with E-state index >= 15 is 0 Å². The van der Waals surface area contributed by atoms with Crippen LogP contribution in [0.2, 0.25) is 0 Å². The van der Waals surface area contributed by atoms with Crippen LogP contribution in [0.3, 0.4) is 0 Å². The Labute approximate surface area is 182 Å². The Morgan fingerprint density at radius 1 is 1.13 bits per heavy atom. The molecule has 0 saturated heterocycles. The van der Waals surface area contributed by atoms with Crippen LogP contribution in [0.5, 0.6) is 5.75 Å². The van der Waals surface area contributed by atoms with Gasteiger partial charge in [0.05, 0.1) is 19.4 Å². The number of carbonyl (C=O) groups excluding carboxylic acids is 1. The molecule has 0 spiro atoms. The fraction of sp³-hybridized carbons (Fsp3) is 0.261. The number of ether oxygens (including phenoxy) is 1. The van der Waals surface area contributed by atoms with Crippen LogP contribution in [0.15, 0.2) is 60.7 Å². The molecular weight excluding hydrogens is 416 g/mol. The summed E-state index contributed by atoms with van der Waals surface area (Å²) in [5, 5.41) is 15.7. The predicted octanol–water partition coefficient (Wildman–Crippen LogP) is 2.29. The zero-order valence-electron chi connectivity index (χ0n) is 17.7. The largest absolute Gasteiger partial charge is 0.497 e. The lowest BCUT2D eigenvalue weighted by Gasteiger charge is -2.30. The van der Waals surface area contributed by atoms with E-state index in [-0.39, 0.29) is 12.2 Å². The Hall–Kier alpha value is -2.94. The Morgan fingerprint density at radius 2 is 1.81 bits per heavy atom. The molecule has 3 rings (SSSR count).